The SMILES string of the molecule is O=C1c2ccccc2-c2onc3c(Oc4ccc(Cl)cc4)cc(NCCO)c1c23. The van der Waals surface area contributed by atoms with Crippen molar-refractivity contribution in [2.24, 2.45) is 0 Å². The molecule has 0 saturated heterocycles. The average Bonchev–Trinajstić information content (AvgIpc) is 3.18. The van der Waals surface area contributed by atoms with Crippen LogP contribution in [0.25, 0.3) is 22.2 Å². The Balaban J connectivity index is 1.74. The monoisotopic (exact) mass is 406 g/mol. The number of anilines is 1. The van der Waals surface area contributed by atoms with E-state index in [1.165, 1.54) is 0 Å². The van der Waals surface area contributed by atoms with Gasteiger partial charge in [-0.1, -0.05) is 41.0 Å². The largest absolute Gasteiger partial charge is 0.455 e. The van der Waals surface area contributed by atoms with Crippen LogP contribution in [0.15, 0.2) is 59.1 Å². The first-order valence-corrected chi connectivity index (χ1v) is 9.44. The molecule has 1 aliphatic carbocycles. The summed E-state index contributed by atoms with van der Waals surface area (Å²) in [6, 6.07) is 15.9. The van der Waals surface area contributed by atoms with Crippen LogP contribution in [-0.2, 0) is 0 Å². The maximum absolute atomic E-state index is 13.3. The van der Waals surface area contributed by atoms with E-state index in [0.29, 0.717) is 55.6 Å². The van der Waals surface area contributed by atoms with Gasteiger partial charge in [-0.25, -0.2) is 0 Å². The second-order valence-corrected chi connectivity index (χ2v) is 7.05. The Morgan fingerprint density at radius 2 is 1.86 bits per heavy atom. The summed E-state index contributed by atoms with van der Waals surface area (Å²) in [4.78, 5) is 13.3. The summed E-state index contributed by atoms with van der Waals surface area (Å²) in [5.41, 5.74) is 2.73. The number of benzene rings is 3. The van der Waals surface area contributed by atoms with Crippen molar-refractivity contribution in [1.82, 2.24) is 5.16 Å². The molecule has 0 radical (unpaired) electrons. The lowest BCUT2D eigenvalue weighted by Crippen LogP contribution is -2.14. The average molecular weight is 407 g/mol. The molecule has 0 saturated carbocycles. The van der Waals surface area contributed by atoms with Gasteiger partial charge in [-0.2, -0.15) is 0 Å². The van der Waals surface area contributed by atoms with E-state index in [2.05, 4.69) is 10.5 Å². The van der Waals surface area contributed by atoms with Gasteiger partial charge < -0.3 is 19.7 Å². The summed E-state index contributed by atoms with van der Waals surface area (Å²) in [7, 11) is 0. The zero-order valence-electron chi connectivity index (χ0n) is 15.1. The van der Waals surface area contributed by atoms with E-state index in [0.717, 1.165) is 0 Å². The molecule has 0 spiro atoms. The van der Waals surface area contributed by atoms with E-state index in [1.54, 1.807) is 36.4 Å². The van der Waals surface area contributed by atoms with Gasteiger partial charge in [0.2, 0.25) is 0 Å². The van der Waals surface area contributed by atoms with E-state index in [1.807, 2.05) is 18.2 Å². The minimum atomic E-state index is -0.125. The van der Waals surface area contributed by atoms with E-state index in [-0.39, 0.29) is 18.9 Å². The highest BCUT2D eigenvalue weighted by Gasteiger charge is 2.33. The lowest BCUT2D eigenvalue weighted by atomic mass is 9.86. The highest BCUT2D eigenvalue weighted by Crippen LogP contribution is 2.46. The van der Waals surface area contributed by atoms with Crippen molar-refractivity contribution in [3.8, 4) is 22.8 Å². The number of nitrogens with one attached hydrogen (secondary N) is 1. The predicted molar refractivity (Wildman–Crippen MR) is 110 cm³/mol. The van der Waals surface area contributed by atoms with Crippen LogP contribution in [0.2, 0.25) is 5.02 Å². The van der Waals surface area contributed by atoms with Crippen molar-refractivity contribution < 1.29 is 19.2 Å². The molecule has 0 fully saturated rings. The van der Waals surface area contributed by atoms with Gasteiger partial charge in [0, 0.05) is 28.8 Å². The van der Waals surface area contributed by atoms with Crippen LogP contribution >= 0.6 is 11.6 Å². The molecule has 0 aliphatic heterocycles. The molecule has 7 heteroatoms. The van der Waals surface area contributed by atoms with Crippen molar-refractivity contribution in [1.29, 1.82) is 0 Å². The molecule has 0 atom stereocenters. The first kappa shape index (κ1) is 17.7. The van der Waals surface area contributed by atoms with Crippen molar-refractivity contribution >= 4 is 34.0 Å². The third-order valence-electron chi connectivity index (χ3n) is 4.83. The molecular weight excluding hydrogens is 392 g/mol. The van der Waals surface area contributed by atoms with Crippen LogP contribution in [0.3, 0.4) is 0 Å². The van der Waals surface area contributed by atoms with Crippen LogP contribution in [0.5, 0.6) is 11.5 Å². The number of carbonyl (C=O) groups is 1. The molecule has 2 N–H and O–H groups in total. The maximum atomic E-state index is 13.3. The number of hydrogen-bond donors (Lipinski definition) is 2. The Labute approximate surface area is 170 Å². The first-order chi connectivity index (χ1) is 14.2. The lowest BCUT2D eigenvalue weighted by molar-refractivity contribution is 0.104. The van der Waals surface area contributed by atoms with Crippen molar-refractivity contribution in [3.63, 3.8) is 0 Å². The number of aromatic nitrogens is 1. The molecule has 0 unspecified atom stereocenters. The number of aliphatic hydroxyl groups excluding tert-OH is 1. The quantitative estimate of drug-likeness (QED) is 0.432. The number of ketones is 1. The van der Waals surface area contributed by atoms with Gasteiger partial charge >= 0.3 is 0 Å². The van der Waals surface area contributed by atoms with Crippen LogP contribution < -0.4 is 10.1 Å². The number of fused-ring (bicyclic) bond motifs is 2. The van der Waals surface area contributed by atoms with Gasteiger partial charge in [-0.15, -0.1) is 0 Å². The first-order valence-electron chi connectivity index (χ1n) is 9.06. The summed E-state index contributed by atoms with van der Waals surface area (Å²) in [6.07, 6.45) is 0. The highest BCUT2D eigenvalue weighted by atomic mass is 35.5. The molecule has 1 aliphatic rings. The number of nitrogens with zero attached hydrogens (tertiary/aromatic N) is 1. The molecule has 6 nitrogen and oxygen atoms in total. The number of ether oxygens (including phenoxy) is 1. The smallest absolute Gasteiger partial charge is 0.196 e. The summed E-state index contributed by atoms with van der Waals surface area (Å²) < 4.78 is 11.7. The summed E-state index contributed by atoms with van der Waals surface area (Å²) in [6.45, 7) is 0.209. The molecule has 0 bridgehead atoms. The molecule has 3 aromatic carbocycles. The second-order valence-electron chi connectivity index (χ2n) is 6.61. The maximum Gasteiger partial charge on any atom is 0.196 e. The van der Waals surface area contributed by atoms with Gasteiger partial charge in [0.1, 0.15) is 5.75 Å². The normalized spacial score (nSPS) is 12.1. The van der Waals surface area contributed by atoms with Crippen LogP contribution in [-0.4, -0.2) is 29.2 Å². The minimum Gasteiger partial charge on any atom is -0.455 e. The number of halogens is 1. The Morgan fingerprint density at radius 3 is 2.62 bits per heavy atom. The molecule has 29 heavy (non-hydrogen) atoms. The Hall–Kier alpha value is -3.35. The van der Waals surface area contributed by atoms with Gasteiger partial charge in [-0.05, 0) is 24.3 Å². The summed E-state index contributed by atoms with van der Waals surface area (Å²) in [5.74, 6) is 1.41. The zero-order valence-corrected chi connectivity index (χ0v) is 15.9. The van der Waals surface area contributed by atoms with Crippen molar-refractivity contribution in [3.05, 3.63) is 70.7 Å². The van der Waals surface area contributed by atoms with Crippen molar-refractivity contribution in [2.45, 2.75) is 0 Å². The highest BCUT2D eigenvalue weighted by molar-refractivity contribution is 6.30. The minimum absolute atomic E-state index is 0.0773. The lowest BCUT2D eigenvalue weighted by Gasteiger charge is -2.19. The Bertz CT molecular complexity index is 1250. The third-order valence-corrected chi connectivity index (χ3v) is 5.08. The van der Waals surface area contributed by atoms with Crippen LogP contribution in [0.1, 0.15) is 15.9 Å². The van der Waals surface area contributed by atoms with Gasteiger partial charge in [0.15, 0.2) is 22.8 Å². The second kappa shape index (κ2) is 6.92. The van der Waals surface area contributed by atoms with E-state index < -0.39 is 0 Å². The topological polar surface area (TPSA) is 84.6 Å². The van der Waals surface area contributed by atoms with Gasteiger partial charge in [0.05, 0.1) is 23.2 Å². The summed E-state index contributed by atoms with van der Waals surface area (Å²) in [5, 5.41) is 17.8. The number of hydrogen-bond acceptors (Lipinski definition) is 6. The van der Waals surface area contributed by atoms with E-state index in [9.17, 15) is 9.90 Å². The summed E-state index contributed by atoms with van der Waals surface area (Å²) >= 11 is 5.95. The predicted octanol–water partition coefficient (Wildman–Crippen LogP) is 4.89. The van der Waals surface area contributed by atoms with Gasteiger partial charge in [0.25, 0.3) is 0 Å². The van der Waals surface area contributed by atoms with Gasteiger partial charge in [-0.3, -0.25) is 4.79 Å². The standard InChI is InChI=1S/C22H15ClN2O4/c23-12-5-7-13(8-6-12)28-17-11-16(24-9-10-26)18-19-20(17)25-29-22(19)15-4-2-1-3-14(15)21(18)27/h1-8,11,24,26H,9-10H2. The fraction of sp³-hybridized carbons (Fsp3) is 0.0909. The molecule has 1 aromatic heterocycles. The van der Waals surface area contributed by atoms with Crippen molar-refractivity contribution in [2.75, 3.05) is 18.5 Å². The Morgan fingerprint density at radius 1 is 1.10 bits per heavy atom. The molecule has 144 valence electrons. The molecule has 5 rings (SSSR count). The molecule has 1 heterocycles. The fourth-order valence-corrected chi connectivity index (χ4v) is 3.69. The number of carbonyl (C=O) groups excluding carboxylic acids is 1. The number of aliphatic hydroxyl groups is 1. The fourth-order valence-electron chi connectivity index (χ4n) is 3.57. The van der Waals surface area contributed by atoms with E-state index >= 15 is 0 Å². The molecule has 4 aromatic rings. The Kier molecular flexibility index (Phi) is 4.23. The van der Waals surface area contributed by atoms with Crippen LogP contribution in [0.4, 0.5) is 5.69 Å². The zero-order chi connectivity index (χ0) is 20.0. The molecular formula is C22H15ClN2O4. The van der Waals surface area contributed by atoms with E-state index in [4.69, 9.17) is 20.9 Å². The third kappa shape index (κ3) is 2.85. The van der Waals surface area contributed by atoms with Crippen LogP contribution in [0, 0.1) is 0 Å². The molecule has 0 amide bonds. The number of rotatable bonds is 5.